The van der Waals surface area contributed by atoms with Gasteiger partial charge in [0.05, 0.1) is 22.7 Å². The van der Waals surface area contributed by atoms with Gasteiger partial charge in [0.2, 0.25) is 0 Å². The van der Waals surface area contributed by atoms with Crippen LogP contribution in [-0.4, -0.2) is 17.0 Å². The smallest absolute Gasteiger partial charge is 0.416 e. The summed E-state index contributed by atoms with van der Waals surface area (Å²) in [4.78, 5) is 13.2. The molecule has 0 N–H and O–H groups in total. The normalized spacial score (nSPS) is 20.0. The van der Waals surface area contributed by atoms with Crippen LogP contribution in [0.2, 0.25) is 0 Å². The largest absolute Gasteiger partial charge is 0.439 e. The number of amides is 1. The number of halogens is 10. The number of cyclic esters (lactones) is 1. The number of carbonyl (C=O) groups excluding carboxylic acids is 1. The molecule has 0 radical (unpaired) electrons. The van der Waals surface area contributed by atoms with Gasteiger partial charge in [-0.2, -0.15) is 39.5 Å². The second-order valence-electron chi connectivity index (χ2n) is 8.30. The number of carbonyl (C=O) groups is 1. The van der Waals surface area contributed by atoms with Gasteiger partial charge in [0, 0.05) is 11.4 Å². The number of hydrogen-bond acceptors (Lipinski definition) is 2. The molecule has 36 heavy (non-hydrogen) atoms. The van der Waals surface area contributed by atoms with Gasteiger partial charge in [-0.25, -0.2) is 4.79 Å². The van der Waals surface area contributed by atoms with Crippen LogP contribution in [0.5, 0.6) is 0 Å². The summed E-state index contributed by atoms with van der Waals surface area (Å²) in [7, 11) is 0. The third kappa shape index (κ3) is 5.92. The van der Waals surface area contributed by atoms with Crippen molar-refractivity contribution in [2.75, 3.05) is 0 Å². The first-order chi connectivity index (χ1) is 16.4. The van der Waals surface area contributed by atoms with Crippen LogP contribution in [0.1, 0.15) is 64.6 Å². The zero-order valence-electron chi connectivity index (χ0n) is 18.7. The molecule has 1 fully saturated rings. The molecule has 0 spiro atoms. The van der Waals surface area contributed by atoms with E-state index in [1.807, 2.05) is 0 Å². The maximum absolute atomic E-state index is 13.3. The highest BCUT2D eigenvalue weighted by Gasteiger charge is 2.43. The first kappa shape index (κ1) is 28.1. The van der Waals surface area contributed by atoms with E-state index in [0.717, 1.165) is 17.0 Å². The van der Waals surface area contributed by atoms with E-state index in [1.54, 1.807) is 6.92 Å². The maximum Gasteiger partial charge on any atom is 0.416 e. The van der Waals surface area contributed by atoms with Crippen LogP contribution in [0.4, 0.5) is 44.3 Å². The fraction of sp³-hybridized carbons (Fsp3) is 0.435. The monoisotopic (exact) mass is 591 g/mol. The fourth-order valence-corrected chi connectivity index (χ4v) is 4.38. The Kier molecular flexibility index (Phi) is 7.65. The van der Waals surface area contributed by atoms with Gasteiger partial charge in [0.1, 0.15) is 6.10 Å². The third-order valence-electron chi connectivity index (χ3n) is 5.84. The number of rotatable bonds is 5. The van der Waals surface area contributed by atoms with Crippen LogP contribution in [-0.2, 0) is 29.8 Å². The van der Waals surface area contributed by atoms with Gasteiger partial charge in [-0.05, 0) is 60.4 Å². The second kappa shape index (κ2) is 9.79. The molecular weight excluding hydrogens is 573 g/mol. The molecule has 1 aliphatic rings. The van der Waals surface area contributed by atoms with E-state index >= 15 is 0 Å². The molecule has 0 saturated carbocycles. The number of nitrogens with zero attached hydrogens (tertiary/aromatic N) is 1. The van der Waals surface area contributed by atoms with Crippen molar-refractivity contribution in [3.63, 3.8) is 0 Å². The lowest BCUT2D eigenvalue weighted by Gasteiger charge is -2.24. The molecule has 3 atom stereocenters. The summed E-state index contributed by atoms with van der Waals surface area (Å²) in [5, 5.41) is 0. The summed E-state index contributed by atoms with van der Waals surface area (Å²) in [5.74, 6) is 0. The Labute approximate surface area is 208 Å². The average molecular weight is 592 g/mol. The highest BCUT2D eigenvalue weighted by Crippen LogP contribution is 2.42. The molecule has 0 aliphatic carbocycles. The van der Waals surface area contributed by atoms with Crippen molar-refractivity contribution < 1.29 is 49.0 Å². The van der Waals surface area contributed by atoms with E-state index < -0.39 is 65.6 Å². The molecule has 13 heteroatoms. The van der Waals surface area contributed by atoms with Crippen LogP contribution in [0.25, 0.3) is 0 Å². The Bertz CT molecular complexity index is 1100. The summed E-state index contributed by atoms with van der Waals surface area (Å²) in [6.07, 6.45) is -17.0. The molecule has 0 aromatic heterocycles. The number of alkyl halides is 10. The van der Waals surface area contributed by atoms with Crippen molar-refractivity contribution >= 4 is 22.0 Å². The van der Waals surface area contributed by atoms with E-state index in [4.69, 9.17) is 4.74 Å². The average Bonchev–Trinajstić information content (AvgIpc) is 3.04. The maximum atomic E-state index is 13.3. The van der Waals surface area contributed by atoms with Gasteiger partial charge >= 0.3 is 24.6 Å². The molecule has 1 saturated heterocycles. The molecule has 1 amide bonds. The van der Waals surface area contributed by atoms with Crippen molar-refractivity contribution in [2.45, 2.75) is 62.3 Å². The minimum absolute atomic E-state index is 0.0431. The van der Waals surface area contributed by atoms with Crippen molar-refractivity contribution in [3.8, 4) is 0 Å². The molecular formula is C23H19BrF9NO2. The van der Waals surface area contributed by atoms with Gasteiger partial charge < -0.3 is 4.74 Å². The van der Waals surface area contributed by atoms with Crippen molar-refractivity contribution in [3.05, 3.63) is 69.8 Å². The van der Waals surface area contributed by atoms with Crippen molar-refractivity contribution in [1.82, 2.24) is 4.90 Å². The van der Waals surface area contributed by atoms with Gasteiger partial charge in [-0.1, -0.05) is 28.9 Å². The van der Waals surface area contributed by atoms with Gasteiger partial charge in [-0.3, -0.25) is 4.90 Å². The molecule has 0 bridgehead atoms. The first-order valence-electron chi connectivity index (χ1n) is 10.5. The van der Waals surface area contributed by atoms with Crippen molar-refractivity contribution in [1.29, 1.82) is 0 Å². The zero-order chi connectivity index (χ0) is 27.2. The van der Waals surface area contributed by atoms with Gasteiger partial charge in [-0.15, -0.1) is 0 Å². The van der Waals surface area contributed by atoms with Crippen LogP contribution < -0.4 is 0 Å². The van der Waals surface area contributed by atoms with Crippen LogP contribution in [0.15, 0.2) is 36.4 Å². The zero-order valence-corrected chi connectivity index (χ0v) is 20.2. The number of ether oxygens (including phenoxy) is 1. The molecule has 3 rings (SSSR count). The second-order valence-corrected chi connectivity index (χ2v) is 9.40. The van der Waals surface area contributed by atoms with E-state index in [9.17, 15) is 44.3 Å². The molecule has 1 unspecified atom stereocenters. The quantitative estimate of drug-likeness (QED) is 0.257. The van der Waals surface area contributed by atoms with Gasteiger partial charge in [0.25, 0.3) is 0 Å². The predicted octanol–water partition coefficient (Wildman–Crippen LogP) is 8.67. The Morgan fingerprint density at radius 1 is 0.889 bits per heavy atom. The summed E-state index contributed by atoms with van der Waals surface area (Å²) in [6.45, 7) is 2.71. The molecule has 2 aromatic carbocycles. The standard InChI is InChI=1S/C23H19BrF9NO2/c1-3-18(24)17-5-4-14(21(25,26)27)8-13(17)10-34-11(2)19(36-20(34)35)12-6-15(22(28,29)30)9-16(7-12)23(31,32)33/h4-9,11,18-19H,3,10H2,1-2H3/t11-,18?,19-/m0/s1. The summed E-state index contributed by atoms with van der Waals surface area (Å²) < 4.78 is 125. The van der Waals surface area contributed by atoms with Gasteiger partial charge in [0.15, 0.2) is 0 Å². The van der Waals surface area contributed by atoms with Crippen LogP contribution in [0, 0.1) is 0 Å². The summed E-state index contributed by atoms with van der Waals surface area (Å²) in [5.41, 5.74) is -4.08. The topological polar surface area (TPSA) is 29.5 Å². The van der Waals surface area contributed by atoms with E-state index in [0.29, 0.717) is 24.1 Å². The summed E-state index contributed by atoms with van der Waals surface area (Å²) in [6, 6.07) is 2.81. The number of benzene rings is 2. The van der Waals surface area contributed by atoms with Crippen LogP contribution in [0.3, 0.4) is 0 Å². The molecule has 3 nitrogen and oxygen atoms in total. The Morgan fingerprint density at radius 3 is 1.89 bits per heavy atom. The highest BCUT2D eigenvalue weighted by atomic mass is 79.9. The predicted molar refractivity (Wildman–Crippen MR) is 114 cm³/mol. The number of hydrogen-bond donors (Lipinski definition) is 0. The van der Waals surface area contributed by atoms with Crippen LogP contribution >= 0.6 is 15.9 Å². The molecule has 198 valence electrons. The van der Waals surface area contributed by atoms with E-state index in [-0.39, 0.29) is 16.5 Å². The molecule has 1 aliphatic heterocycles. The fourth-order valence-electron chi connectivity index (χ4n) is 3.93. The lowest BCUT2D eigenvalue weighted by atomic mass is 9.96. The lowest BCUT2D eigenvalue weighted by molar-refractivity contribution is -0.143. The Morgan fingerprint density at radius 2 is 1.42 bits per heavy atom. The minimum Gasteiger partial charge on any atom is -0.439 e. The first-order valence-corrected chi connectivity index (χ1v) is 11.5. The summed E-state index contributed by atoms with van der Waals surface area (Å²) >= 11 is 3.36. The minimum atomic E-state index is -5.10. The lowest BCUT2D eigenvalue weighted by Crippen LogP contribution is -2.32. The van der Waals surface area contributed by atoms with E-state index in [1.165, 1.54) is 13.0 Å². The SMILES string of the molecule is CCC(Br)c1ccc(C(F)(F)F)cc1CN1C(=O)O[C@H](c2cc(C(F)(F)F)cc(C(F)(F)F)c2)[C@@H]1C. The molecule has 2 aromatic rings. The molecule has 1 heterocycles. The third-order valence-corrected chi connectivity index (χ3v) is 6.98. The Balaban J connectivity index is 2.01. The van der Waals surface area contributed by atoms with Crippen molar-refractivity contribution in [2.24, 2.45) is 0 Å². The Hall–Kier alpha value is -2.44. The highest BCUT2D eigenvalue weighted by molar-refractivity contribution is 9.09. The van der Waals surface area contributed by atoms with E-state index in [2.05, 4.69) is 15.9 Å².